The molecule has 0 N–H and O–H groups in total. The molecule has 1 rings (SSSR count). The maximum absolute atomic E-state index is 11.1. The minimum Gasteiger partial charge on any atom is -0.496 e. The number of carbonyl (C=O) groups is 1. The van der Waals surface area contributed by atoms with Crippen molar-refractivity contribution in [1.82, 2.24) is 0 Å². The van der Waals surface area contributed by atoms with Gasteiger partial charge in [-0.3, -0.25) is 4.79 Å². The van der Waals surface area contributed by atoms with E-state index >= 15 is 0 Å². The maximum Gasteiger partial charge on any atom is 0.143 e. The van der Waals surface area contributed by atoms with Gasteiger partial charge in [-0.05, 0) is 37.5 Å². The highest BCUT2D eigenvalue weighted by Gasteiger charge is 2.11. The summed E-state index contributed by atoms with van der Waals surface area (Å²) < 4.78 is 5.17. The molecule has 0 fully saturated rings. The van der Waals surface area contributed by atoms with E-state index in [0.29, 0.717) is 0 Å². The zero-order valence-corrected chi connectivity index (χ0v) is 10.8. The number of aryl methyl sites for hydroxylation is 1. The zero-order valence-electron chi connectivity index (χ0n) is 9.21. The summed E-state index contributed by atoms with van der Waals surface area (Å²) in [7, 11) is 1.66. The number of hydrogen-bond acceptors (Lipinski definition) is 2. The molecule has 1 unspecified atom stereocenters. The van der Waals surface area contributed by atoms with E-state index in [1.165, 1.54) is 0 Å². The molecule has 1 atom stereocenters. The Morgan fingerprint density at radius 3 is 2.67 bits per heavy atom. The number of ether oxygens (including phenoxy) is 1. The Balaban J connectivity index is 2.79. The monoisotopic (exact) mass is 270 g/mol. The van der Waals surface area contributed by atoms with E-state index in [1.54, 1.807) is 14.0 Å². The van der Waals surface area contributed by atoms with Gasteiger partial charge in [0.1, 0.15) is 11.5 Å². The summed E-state index contributed by atoms with van der Waals surface area (Å²) in [5.41, 5.74) is 2.24. The van der Waals surface area contributed by atoms with Gasteiger partial charge in [-0.2, -0.15) is 0 Å². The van der Waals surface area contributed by atoms with Crippen LogP contribution in [0.1, 0.15) is 18.1 Å². The molecule has 0 saturated carbocycles. The molecule has 2 nitrogen and oxygen atoms in total. The van der Waals surface area contributed by atoms with Crippen molar-refractivity contribution in [2.45, 2.75) is 25.1 Å². The summed E-state index contributed by atoms with van der Waals surface area (Å²) in [6.45, 7) is 3.59. The van der Waals surface area contributed by atoms with Gasteiger partial charge in [0.25, 0.3) is 0 Å². The molecule has 0 bridgehead atoms. The summed E-state index contributed by atoms with van der Waals surface area (Å²) in [6.07, 6.45) is 0.722. The molecule has 0 aliphatic carbocycles. The largest absolute Gasteiger partial charge is 0.496 e. The third-order valence-electron chi connectivity index (χ3n) is 2.32. The molecule has 1 aromatic carbocycles. The van der Waals surface area contributed by atoms with E-state index < -0.39 is 0 Å². The number of methoxy groups -OCH3 is 1. The van der Waals surface area contributed by atoms with Gasteiger partial charge in [0.2, 0.25) is 0 Å². The van der Waals surface area contributed by atoms with Crippen molar-refractivity contribution in [1.29, 1.82) is 0 Å². The van der Waals surface area contributed by atoms with Gasteiger partial charge in [0.05, 0.1) is 11.9 Å². The molecule has 0 saturated heterocycles. The van der Waals surface area contributed by atoms with Crippen LogP contribution in [-0.2, 0) is 11.2 Å². The van der Waals surface area contributed by atoms with Crippen LogP contribution in [0.5, 0.6) is 5.75 Å². The van der Waals surface area contributed by atoms with Crippen LogP contribution in [0.2, 0.25) is 0 Å². The van der Waals surface area contributed by atoms with Gasteiger partial charge in [0, 0.05) is 0 Å². The lowest BCUT2D eigenvalue weighted by molar-refractivity contribution is -0.116. The second kappa shape index (κ2) is 5.31. The maximum atomic E-state index is 11.1. The summed E-state index contributed by atoms with van der Waals surface area (Å²) in [5, 5.41) is 0. The minimum atomic E-state index is -0.0923. The number of Topliss-reactive ketones (excluding diaryl/α,β-unsaturated/α-hetero) is 1. The second-order valence-electron chi connectivity index (χ2n) is 3.59. The van der Waals surface area contributed by atoms with Crippen molar-refractivity contribution in [3.05, 3.63) is 29.3 Å². The first-order valence-corrected chi connectivity index (χ1v) is 5.74. The Bertz CT molecular complexity index is 361. The fourth-order valence-corrected chi connectivity index (χ4v) is 1.79. The number of rotatable bonds is 4. The van der Waals surface area contributed by atoms with Crippen molar-refractivity contribution < 1.29 is 9.53 Å². The molecule has 0 radical (unpaired) electrons. The average Bonchev–Trinajstić information content (AvgIpc) is 2.18. The van der Waals surface area contributed by atoms with Crippen molar-refractivity contribution in [2.24, 2.45) is 0 Å². The number of hydrogen-bond donors (Lipinski definition) is 0. The Kier molecular flexibility index (Phi) is 4.33. The fourth-order valence-electron chi connectivity index (χ4n) is 1.42. The summed E-state index contributed by atoms with van der Waals surface area (Å²) in [6, 6.07) is 5.98. The van der Waals surface area contributed by atoms with Crippen LogP contribution < -0.4 is 4.74 Å². The third kappa shape index (κ3) is 3.34. The number of carbonyl (C=O) groups excluding carboxylic acids is 1. The Hall–Kier alpha value is -0.830. The SMILES string of the molecule is COc1ccc(CC(Br)C(C)=O)cc1C. The second-order valence-corrected chi connectivity index (χ2v) is 4.69. The van der Waals surface area contributed by atoms with Gasteiger partial charge in [-0.25, -0.2) is 0 Å². The lowest BCUT2D eigenvalue weighted by atomic mass is 10.1. The van der Waals surface area contributed by atoms with Crippen LogP contribution >= 0.6 is 15.9 Å². The van der Waals surface area contributed by atoms with Crippen LogP contribution in [0.3, 0.4) is 0 Å². The van der Waals surface area contributed by atoms with E-state index in [4.69, 9.17) is 4.74 Å². The first kappa shape index (κ1) is 12.2. The lowest BCUT2D eigenvalue weighted by Crippen LogP contribution is -2.12. The van der Waals surface area contributed by atoms with Crippen LogP contribution in [-0.4, -0.2) is 17.7 Å². The normalized spacial score (nSPS) is 12.3. The van der Waals surface area contributed by atoms with Crippen molar-refractivity contribution in [2.75, 3.05) is 7.11 Å². The van der Waals surface area contributed by atoms with E-state index in [9.17, 15) is 4.79 Å². The summed E-state index contributed by atoms with van der Waals surface area (Å²) >= 11 is 3.36. The molecule has 1 aromatic rings. The first-order valence-electron chi connectivity index (χ1n) is 4.82. The average molecular weight is 271 g/mol. The first-order chi connectivity index (χ1) is 7.04. The number of alkyl halides is 1. The van der Waals surface area contributed by atoms with Crippen LogP contribution in [0.15, 0.2) is 18.2 Å². The van der Waals surface area contributed by atoms with Crippen LogP contribution in [0.25, 0.3) is 0 Å². The predicted octanol–water partition coefficient (Wildman–Crippen LogP) is 2.90. The molecule has 82 valence electrons. The molecule has 0 amide bonds. The van der Waals surface area contributed by atoms with Crippen molar-refractivity contribution in [3.8, 4) is 5.75 Å². The highest BCUT2D eigenvalue weighted by molar-refractivity contribution is 9.10. The Labute approximate surface area is 98.8 Å². The number of benzene rings is 1. The Morgan fingerprint density at radius 2 is 2.20 bits per heavy atom. The molecular weight excluding hydrogens is 256 g/mol. The highest BCUT2D eigenvalue weighted by atomic mass is 79.9. The zero-order chi connectivity index (χ0) is 11.4. The standard InChI is InChI=1S/C12H15BrO2/c1-8-6-10(4-5-12(8)15-3)7-11(13)9(2)14/h4-6,11H,7H2,1-3H3. The van der Waals surface area contributed by atoms with Crippen LogP contribution in [0.4, 0.5) is 0 Å². The smallest absolute Gasteiger partial charge is 0.143 e. The highest BCUT2D eigenvalue weighted by Crippen LogP contribution is 2.20. The van der Waals surface area contributed by atoms with E-state index in [-0.39, 0.29) is 10.6 Å². The molecule has 0 aromatic heterocycles. The molecule has 0 spiro atoms. The lowest BCUT2D eigenvalue weighted by Gasteiger charge is -2.09. The third-order valence-corrected chi connectivity index (χ3v) is 3.28. The fraction of sp³-hybridized carbons (Fsp3) is 0.417. The predicted molar refractivity (Wildman–Crippen MR) is 64.8 cm³/mol. The molecular formula is C12H15BrO2. The van der Waals surface area contributed by atoms with Crippen molar-refractivity contribution in [3.63, 3.8) is 0 Å². The summed E-state index contributed by atoms with van der Waals surface area (Å²) in [5.74, 6) is 1.04. The molecule has 0 aliphatic rings. The number of halogens is 1. The quantitative estimate of drug-likeness (QED) is 0.787. The van der Waals surface area contributed by atoms with Gasteiger partial charge in [-0.15, -0.1) is 0 Å². The van der Waals surface area contributed by atoms with Crippen molar-refractivity contribution >= 4 is 21.7 Å². The van der Waals surface area contributed by atoms with E-state index in [0.717, 1.165) is 23.3 Å². The topological polar surface area (TPSA) is 26.3 Å². The van der Waals surface area contributed by atoms with E-state index in [1.807, 2.05) is 19.1 Å². The number of ketones is 1. The van der Waals surface area contributed by atoms with Crippen LogP contribution in [0, 0.1) is 6.92 Å². The minimum absolute atomic E-state index is 0.0923. The van der Waals surface area contributed by atoms with E-state index in [2.05, 4.69) is 22.0 Å². The molecule has 15 heavy (non-hydrogen) atoms. The van der Waals surface area contributed by atoms with Gasteiger partial charge < -0.3 is 4.74 Å². The molecule has 3 heteroatoms. The van der Waals surface area contributed by atoms with Gasteiger partial charge >= 0.3 is 0 Å². The van der Waals surface area contributed by atoms with Gasteiger partial charge in [-0.1, -0.05) is 28.1 Å². The summed E-state index contributed by atoms with van der Waals surface area (Å²) in [4.78, 5) is 11.0. The Morgan fingerprint density at radius 1 is 1.53 bits per heavy atom. The molecule has 0 aliphatic heterocycles. The molecule has 0 heterocycles. The van der Waals surface area contributed by atoms with Gasteiger partial charge in [0.15, 0.2) is 0 Å².